The van der Waals surface area contributed by atoms with Crippen LogP contribution in [-0.4, -0.2) is 41.1 Å². The number of aryl methyl sites for hydroxylation is 1. The SMILES string of the molecule is COc1ccc(-c2cc(C(=O)N3CCCC3(C)C(=O)O)sc2C)cc1. The average molecular weight is 359 g/mol. The quantitative estimate of drug-likeness (QED) is 0.901. The first-order chi connectivity index (χ1) is 11.9. The van der Waals surface area contributed by atoms with E-state index in [0.29, 0.717) is 24.3 Å². The Labute approximate surface area is 150 Å². The summed E-state index contributed by atoms with van der Waals surface area (Å²) in [6.07, 6.45) is 1.20. The third-order valence-electron chi connectivity index (χ3n) is 4.88. The number of amides is 1. The highest BCUT2D eigenvalue weighted by atomic mass is 32.1. The van der Waals surface area contributed by atoms with Crippen LogP contribution in [0, 0.1) is 6.92 Å². The summed E-state index contributed by atoms with van der Waals surface area (Å²) in [6, 6.07) is 9.55. The number of hydrogen-bond acceptors (Lipinski definition) is 4. The first kappa shape index (κ1) is 17.5. The number of methoxy groups -OCH3 is 1. The highest BCUT2D eigenvalue weighted by molar-refractivity contribution is 7.14. The Morgan fingerprint density at radius 1 is 1.28 bits per heavy atom. The zero-order valence-corrected chi connectivity index (χ0v) is 15.4. The molecular weight excluding hydrogens is 338 g/mol. The van der Waals surface area contributed by atoms with E-state index in [4.69, 9.17) is 4.74 Å². The summed E-state index contributed by atoms with van der Waals surface area (Å²) < 4.78 is 5.18. The topological polar surface area (TPSA) is 66.8 Å². The van der Waals surface area contributed by atoms with Crippen molar-refractivity contribution in [1.29, 1.82) is 0 Å². The van der Waals surface area contributed by atoms with Crippen molar-refractivity contribution in [2.75, 3.05) is 13.7 Å². The van der Waals surface area contributed by atoms with Crippen molar-refractivity contribution in [3.05, 3.63) is 40.1 Å². The average Bonchev–Trinajstić information content (AvgIpc) is 3.18. The van der Waals surface area contributed by atoms with Gasteiger partial charge in [-0.2, -0.15) is 0 Å². The molecule has 1 unspecified atom stereocenters. The second-order valence-electron chi connectivity index (χ2n) is 6.45. The summed E-state index contributed by atoms with van der Waals surface area (Å²) in [5.41, 5.74) is 0.887. The van der Waals surface area contributed by atoms with Crippen LogP contribution in [0.2, 0.25) is 0 Å². The molecule has 1 aliphatic heterocycles. The molecule has 1 aliphatic rings. The van der Waals surface area contributed by atoms with Crippen molar-refractivity contribution in [2.24, 2.45) is 0 Å². The largest absolute Gasteiger partial charge is 0.497 e. The van der Waals surface area contributed by atoms with Crippen LogP contribution in [0.3, 0.4) is 0 Å². The van der Waals surface area contributed by atoms with Crippen LogP contribution in [0.4, 0.5) is 0 Å². The van der Waals surface area contributed by atoms with E-state index >= 15 is 0 Å². The van der Waals surface area contributed by atoms with Gasteiger partial charge in [0.15, 0.2) is 0 Å². The maximum atomic E-state index is 12.9. The number of hydrogen-bond donors (Lipinski definition) is 1. The van der Waals surface area contributed by atoms with Gasteiger partial charge in [0.2, 0.25) is 0 Å². The molecule has 1 fully saturated rings. The van der Waals surface area contributed by atoms with Gasteiger partial charge in [-0.05, 0) is 56.0 Å². The van der Waals surface area contributed by atoms with Crippen LogP contribution in [-0.2, 0) is 4.79 Å². The van der Waals surface area contributed by atoms with Crippen molar-refractivity contribution in [3.63, 3.8) is 0 Å². The summed E-state index contributed by atoms with van der Waals surface area (Å²) in [4.78, 5) is 27.7. The fourth-order valence-corrected chi connectivity index (χ4v) is 4.28. The van der Waals surface area contributed by atoms with Crippen LogP contribution in [0.15, 0.2) is 30.3 Å². The molecule has 1 aromatic carbocycles. The fraction of sp³-hybridized carbons (Fsp3) is 0.368. The normalized spacial score (nSPS) is 19.9. The lowest BCUT2D eigenvalue weighted by molar-refractivity contribution is -0.147. The Hall–Kier alpha value is -2.34. The Kier molecular flexibility index (Phi) is 4.56. The van der Waals surface area contributed by atoms with Crippen molar-refractivity contribution >= 4 is 23.2 Å². The van der Waals surface area contributed by atoms with Gasteiger partial charge in [0.05, 0.1) is 12.0 Å². The number of rotatable bonds is 4. The third-order valence-corrected chi connectivity index (χ3v) is 5.91. The van der Waals surface area contributed by atoms with Crippen molar-refractivity contribution in [1.82, 2.24) is 4.90 Å². The number of nitrogens with zero attached hydrogens (tertiary/aromatic N) is 1. The molecular formula is C19H21NO4S. The molecule has 0 aliphatic carbocycles. The van der Waals surface area contributed by atoms with Gasteiger partial charge in [0, 0.05) is 11.4 Å². The van der Waals surface area contributed by atoms with Crippen molar-refractivity contribution in [3.8, 4) is 16.9 Å². The van der Waals surface area contributed by atoms with E-state index in [-0.39, 0.29) is 5.91 Å². The fourth-order valence-electron chi connectivity index (χ4n) is 3.29. The predicted molar refractivity (Wildman–Crippen MR) is 97.4 cm³/mol. The van der Waals surface area contributed by atoms with Crippen LogP contribution in [0.25, 0.3) is 11.1 Å². The number of benzene rings is 1. The number of ether oxygens (including phenoxy) is 1. The van der Waals surface area contributed by atoms with Crippen LogP contribution in [0.1, 0.15) is 34.3 Å². The molecule has 1 amide bonds. The van der Waals surface area contributed by atoms with E-state index in [1.54, 1.807) is 14.0 Å². The summed E-state index contributed by atoms with van der Waals surface area (Å²) in [7, 11) is 1.62. The van der Waals surface area contributed by atoms with Gasteiger partial charge in [0.1, 0.15) is 11.3 Å². The Bertz CT molecular complexity index is 811. The molecule has 6 heteroatoms. The molecule has 25 heavy (non-hydrogen) atoms. The lowest BCUT2D eigenvalue weighted by atomic mass is 9.99. The van der Waals surface area contributed by atoms with E-state index in [2.05, 4.69) is 0 Å². The summed E-state index contributed by atoms with van der Waals surface area (Å²) in [6.45, 7) is 4.09. The minimum Gasteiger partial charge on any atom is -0.497 e. The molecule has 1 aromatic heterocycles. The summed E-state index contributed by atoms with van der Waals surface area (Å²) >= 11 is 1.41. The third kappa shape index (κ3) is 3.02. The summed E-state index contributed by atoms with van der Waals surface area (Å²) in [5.74, 6) is -0.362. The van der Waals surface area contributed by atoms with E-state index in [0.717, 1.165) is 21.8 Å². The van der Waals surface area contributed by atoms with E-state index in [1.165, 1.54) is 16.2 Å². The molecule has 0 radical (unpaired) electrons. The highest BCUT2D eigenvalue weighted by Gasteiger charge is 2.46. The summed E-state index contributed by atoms with van der Waals surface area (Å²) in [5, 5.41) is 9.52. The maximum Gasteiger partial charge on any atom is 0.329 e. The van der Waals surface area contributed by atoms with E-state index in [9.17, 15) is 14.7 Å². The van der Waals surface area contributed by atoms with Gasteiger partial charge in [-0.25, -0.2) is 4.79 Å². The number of carboxylic acids is 1. The molecule has 0 bridgehead atoms. The van der Waals surface area contributed by atoms with Gasteiger partial charge in [-0.3, -0.25) is 4.79 Å². The first-order valence-corrected chi connectivity index (χ1v) is 8.98. The molecule has 3 rings (SSSR count). The highest BCUT2D eigenvalue weighted by Crippen LogP contribution is 2.36. The number of carboxylic acid groups (broad SMARTS) is 1. The van der Waals surface area contributed by atoms with Gasteiger partial charge < -0.3 is 14.7 Å². The van der Waals surface area contributed by atoms with Gasteiger partial charge in [-0.15, -0.1) is 11.3 Å². The molecule has 132 valence electrons. The molecule has 1 atom stereocenters. The zero-order chi connectivity index (χ0) is 18.2. The van der Waals surface area contributed by atoms with Crippen molar-refractivity contribution in [2.45, 2.75) is 32.2 Å². The number of carbonyl (C=O) groups excluding carboxylic acids is 1. The molecule has 0 saturated carbocycles. The van der Waals surface area contributed by atoms with Crippen LogP contribution in [0.5, 0.6) is 5.75 Å². The lowest BCUT2D eigenvalue weighted by Gasteiger charge is -2.30. The Morgan fingerprint density at radius 2 is 1.96 bits per heavy atom. The molecule has 1 saturated heterocycles. The smallest absolute Gasteiger partial charge is 0.329 e. The minimum atomic E-state index is -1.12. The van der Waals surface area contributed by atoms with Gasteiger partial charge in [-0.1, -0.05) is 12.1 Å². The van der Waals surface area contributed by atoms with Gasteiger partial charge >= 0.3 is 5.97 Å². The second-order valence-corrected chi connectivity index (χ2v) is 7.70. The van der Waals surface area contributed by atoms with E-state index < -0.39 is 11.5 Å². The number of aliphatic carboxylic acids is 1. The number of thiophene rings is 1. The van der Waals surface area contributed by atoms with E-state index in [1.807, 2.05) is 37.3 Å². The van der Waals surface area contributed by atoms with Crippen molar-refractivity contribution < 1.29 is 19.4 Å². The Morgan fingerprint density at radius 3 is 2.56 bits per heavy atom. The van der Waals surface area contributed by atoms with Crippen LogP contribution >= 0.6 is 11.3 Å². The Balaban J connectivity index is 1.91. The maximum absolute atomic E-state index is 12.9. The molecule has 1 N–H and O–H groups in total. The molecule has 2 heterocycles. The first-order valence-electron chi connectivity index (χ1n) is 8.17. The predicted octanol–water partition coefficient (Wildman–Crippen LogP) is 3.81. The number of likely N-dealkylation sites (tertiary alicyclic amines) is 1. The standard InChI is InChI=1S/C19H21NO4S/c1-12-15(13-5-7-14(24-3)8-6-13)11-16(25-12)17(21)20-10-4-9-19(20,2)18(22)23/h5-8,11H,4,9-10H2,1-3H3,(H,22,23). The zero-order valence-electron chi connectivity index (χ0n) is 14.5. The minimum absolute atomic E-state index is 0.199. The van der Waals surface area contributed by atoms with Gasteiger partial charge in [0.25, 0.3) is 5.91 Å². The monoisotopic (exact) mass is 359 g/mol. The molecule has 0 spiro atoms. The number of carbonyl (C=O) groups is 2. The lowest BCUT2D eigenvalue weighted by Crippen LogP contribution is -2.50. The second kappa shape index (κ2) is 6.52. The molecule has 2 aromatic rings. The molecule has 5 nitrogen and oxygen atoms in total. The van der Waals surface area contributed by atoms with Crippen LogP contribution < -0.4 is 4.74 Å².